The van der Waals surface area contributed by atoms with Crippen molar-refractivity contribution >= 4 is 8.05 Å². The largest absolute Gasteiger partial charge is 0.571 e. The van der Waals surface area contributed by atoms with Crippen LogP contribution in [0.4, 0.5) is 0 Å². The fourth-order valence-electron chi connectivity index (χ4n) is 0.820. The maximum Gasteiger partial charge on any atom is 0.373 e. The molecule has 0 aromatic heterocycles. The van der Waals surface area contributed by atoms with Crippen molar-refractivity contribution < 1.29 is 4.65 Å². The Bertz CT molecular complexity index is 158. The van der Waals surface area contributed by atoms with Gasteiger partial charge in [0.15, 0.2) is 0 Å². The zero-order valence-electron chi connectivity index (χ0n) is 5.55. The molecular weight excluding hydrogens is 111 g/mol. The number of rotatable bonds is 1. The van der Waals surface area contributed by atoms with Crippen molar-refractivity contribution in [3.8, 4) is 0 Å². The lowest BCUT2D eigenvalue weighted by Gasteiger charge is -2.10. The van der Waals surface area contributed by atoms with Crippen molar-refractivity contribution in [1.29, 1.82) is 0 Å². The first-order valence-electron chi connectivity index (χ1n) is 3.06. The second-order valence-corrected chi connectivity index (χ2v) is 2.26. The molecule has 0 aromatic rings. The molecule has 1 aliphatic rings. The molecule has 9 heavy (non-hydrogen) atoms. The number of allylic oxidation sites excluding steroid dienone is 4. The quantitative estimate of drug-likeness (QED) is 0.478. The molecule has 0 spiro atoms. The molecule has 2 radical (unpaired) electrons. The van der Waals surface area contributed by atoms with Crippen molar-refractivity contribution in [3.05, 3.63) is 23.5 Å². The Hall–Kier alpha value is -0.655. The average molecular weight is 120 g/mol. The molecule has 0 aliphatic heterocycles. The summed E-state index contributed by atoms with van der Waals surface area (Å²) in [6, 6.07) is 0. The topological polar surface area (TPSA) is 9.23 Å². The Morgan fingerprint density at radius 2 is 2.22 bits per heavy atom. The molecule has 0 fully saturated rings. The van der Waals surface area contributed by atoms with Crippen LogP contribution in [-0.2, 0) is 4.65 Å². The molecule has 0 saturated carbocycles. The average Bonchev–Trinajstić information content (AvgIpc) is 1.90. The fraction of sp³-hybridized carbons (Fsp3) is 0.429. The van der Waals surface area contributed by atoms with Gasteiger partial charge in [-0.25, -0.2) is 0 Å². The second kappa shape index (κ2) is 2.76. The monoisotopic (exact) mass is 120 g/mol. The zero-order chi connectivity index (χ0) is 6.69. The minimum atomic E-state index is 0.876. The highest BCUT2D eigenvalue weighted by Gasteiger charge is 2.00. The number of hydrogen-bond acceptors (Lipinski definition) is 1. The molecule has 46 valence electrons. The van der Waals surface area contributed by atoms with Gasteiger partial charge in [0.2, 0.25) is 0 Å². The molecule has 1 aliphatic carbocycles. The predicted octanol–water partition coefficient (Wildman–Crippen LogP) is 1.71. The Morgan fingerprint density at radius 3 is 2.67 bits per heavy atom. The fourth-order valence-corrected chi connectivity index (χ4v) is 0.820. The second-order valence-electron chi connectivity index (χ2n) is 2.26. The van der Waals surface area contributed by atoms with E-state index in [9.17, 15) is 0 Å². The van der Waals surface area contributed by atoms with Crippen molar-refractivity contribution in [2.75, 3.05) is 0 Å². The molecule has 0 aromatic carbocycles. The van der Waals surface area contributed by atoms with Crippen LogP contribution in [0.5, 0.6) is 0 Å². The van der Waals surface area contributed by atoms with E-state index in [0.717, 1.165) is 18.6 Å². The molecule has 1 rings (SSSR count). The minimum Gasteiger partial charge on any atom is -0.571 e. The Balaban J connectivity index is 2.59. The van der Waals surface area contributed by atoms with E-state index in [1.807, 2.05) is 12.2 Å². The highest BCUT2D eigenvalue weighted by molar-refractivity contribution is 5.98. The molecule has 0 unspecified atom stereocenters. The summed E-state index contributed by atoms with van der Waals surface area (Å²) in [5.41, 5.74) is 1.39. The van der Waals surface area contributed by atoms with Gasteiger partial charge in [0.05, 0.1) is 5.76 Å². The Labute approximate surface area is 56.8 Å². The molecule has 2 heteroatoms. The van der Waals surface area contributed by atoms with E-state index in [1.54, 1.807) is 0 Å². The van der Waals surface area contributed by atoms with Crippen LogP contribution in [0.1, 0.15) is 19.8 Å². The van der Waals surface area contributed by atoms with Crippen LogP contribution >= 0.6 is 0 Å². The van der Waals surface area contributed by atoms with Gasteiger partial charge < -0.3 is 4.65 Å². The summed E-state index contributed by atoms with van der Waals surface area (Å²) in [5.74, 6) is 0.876. The molecule has 0 saturated heterocycles. The SMILES string of the molecule is [B]OC1=CC=C(C)CC1. The molecule has 0 bridgehead atoms. The third kappa shape index (κ3) is 1.63. The smallest absolute Gasteiger partial charge is 0.373 e. The first-order chi connectivity index (χ1) is 4.33. The lowest BCUT2D eigenvalue weighted by molar-refractivity contribution is 0.439. The highest BCUT2D eigenvalue weighted by atomic mass is 16.4. The first kappa shape index (κ1) is 6.46. The molecular formula is C7H9BO. The lowest BCUT2D eigenvalue weighted by atomic mass is 10.1. The van der Waals surface area contributed by atoms with Crippen LogP contribution in [0.15, 0.2) is 23.5 Å². The summed E-state index contributed by atoms with van der Waals surface area (Å²) in [7, 11) is 4.95. The van der Waals surface area contributed by atoms with E-state index < -0.39 is 0 Å². The third-order valence-electron chi connectivity index (χ3n) is 1.47. The van der Waals surface area contributed by atoms with E-state index in [4.69, 9.17) is 8.05 Å². The van der Waals surface area contributed by atoms with E-state index in [1.165, 1.54) is 5.57 Å². The van der Waals surface area contributed by atoms with Crippen LogP contribution < -0.4 is 0 Å². The van der Waals surface area contributed by atoms with Gasteiger partial charge in [-0.1, -0.05) is 11.6 Å². The van der Waals surface area contributed by atoms with Crippen LogP contribution in [-0.4, -0.2) is 8.05 Å². The summed E-state index contributed by atoms with van der Waals surface area (Å²) >= 11 is 0. The van der Waals surface area contributed by atoms with Gasteiger partial charge >= 0.3 is 8.05 Å². The highest BCUT2D eigenvalue weighted by Crippen LogP contribution is 2.16. The molecule has 0 amide bonds. The molecule has 0 atom stereocenters. The summed E-state index contributed by atoms with van der Waals surface area (Å²) in [6.07, 6.45) is 5.96. The van der Waals surface area contributed by atoms with Crippen LogP contribution in [0.25, 0.3) is 0 Å². The summed E-state index contributed by atoms with van der Waals surface area (Å²) in [4.78, 5) is 0. The van der Waals surface area contributed by atoms with Crippen molar-refractivity contribution in [3.63, 3.8) is 0 Å². The van der Waals surface area contributed by atoms with Gasteiger partial charge in [0.25, 0.3) is 0 Å². The van der Waals surface area contributed by atoms with Crippen molar-refractivity contribution in [1.82, 2.24) is 0 Å². The van der Waals surface area contributed by atoms with E-state index >= 15 is 0 Å². The summed E-state index contributed by atoms with van der Waals surface area (Å²) in [5, 5.41) is 0. The van der Waals surface area contributed by atoms with Crippen LogP contribution in [0.2, 0.25) is 0 Å². The van der Waals surface area contributed by atoms with E-state index in [2.05, 4.69) is 11.6 Å². The van der Waals surface area contributed by atoms with Crippen LogP contribution in [0.3, 0.4) is 0 Å². The van der Waals surface area contributed by atoms with Gasteiger partial charge in [0, 0.05) is 6.42 Å². The third-order valence-corrected chi connectivity index (χ3v) is 1.47. The normalized spacial score (nSPS) is 18.3. The standard InChI is InChI=1S/C7H9BO/c1-6-2-4-7(9-8)5-3-6/h2,4H,3,5H2,1H3. The van der Waals surface area contributed by atoms with Gasteiger partial charge in [-0.3, -0.25) is 0 Å². The molecule has 0 heterocycles. The minimum absolute atomic E-state index is 0.876. The zero-order valence-corrected chi connectivity index (χ0v) is 5.55. The van der Waals surface area contributed by atoms with Gasteiger partial charge in [-0.05, 0) is 19.4 Å². The molecule has 1 nitrogen and oxygen atoms in total. The Morgan fingerprint density at radius 1 is 1.44 bits per heavy atom. The first-order valence-corrected chi connectivity index (χ1v) is 3.06. The van der Waals surface area contributed by atoms with Gasteiger partial charge in [0.1, 0.15) is 0 Å². The maximum absolute atomic E-state index is 4.95. The van der Waals surface area contributed by atoms with Gasteiger partial charge in [-0.2, -0.15) is 0 Å². The summed E-state index contributed by atoms with van der Waals surface area (Å²) < 4.78 is 4.56. The number of hydrogen-bond donors (Lipinski definition) is 0. The predicted molar refractivity (Wildman–Crippen MR) is 37.9 cm³/mol. The van der Waals surface area contributed by atoms with E-state index in [-0.39, 0.29) is 0 Å². The summed E-state index contributed by atoms with van der Waals surface area (Å²) in [6.45, 7) is 2.10. The van der Waals surface area contributed by atoms with Crippen molar-refractivity contribution in [2.24, 2.45) is 0 Å². The van der Waals surface area contributed by atoms with Crippen molar-refractivity contribution in [2.45, 2.75) is 19.8 Å². The van der Waals surface area contributed by atoms with Crippen LogP contribution in [0, 0.1) is 0 Å². The maximum atomic E-state index is 4.95. The van der Waals surface area contributed by atoms with E-state index in [0.29, 0.717) is 0 Å². The lowest BCUT2D eigenvalue weighted by Crippen LogP contribution is -1.93. The molecule has 0 N–H and O–H groups in total. The van der Waals surface area contributed by atoms with Gasteiger partial charge in [-0.15, -0.1) is 0 Å². The Kier molecular flexibility index (Phi) is 1.98.